The third-order valence-electron chi connectivity index (χ3n) is 4.75. The number of halogens is 1. The van der Waals surface area contributed by atoms with Crippen LogP contribution in [-0.4, -0.2) is 25.9 Å². The number of anilines is 1. The third kappa shape index (κ3) is 4.27. The van der Waals surface area contributed by atoms with Gasteiger partial charge in [0, 0.05) is 16.3 Å². The van der Waals surface area contributed by atoms with E-state index in [1.807, 2.05) is 69.3 Å². The maximum atomic E-state index is 12.8. The second-order valence-corrected chi connectivity index (χ2v) is 8.58. The fraction of sp³-hybridized carbons (Fsp3) is 0.182. The van der Waals surface area contributed by atoms with Gasteiger partial charge >= 0.3 is 0 Å². The Morgan fingerprint density at radius 1 is 1.13 bits per heavy atom. The van der Waals surface area contributed by atoms with E-state index < -0.39 is 0 Å². The Balaban J connectivity index is 1.51. The highest BCUT2D eigenvalue weighted by molar-refractivity contribution is 7.15. The highest BCUT2D eigenvalue weighted by atomic mass is 35.5. The van der Waals surface area contributed by atoms with Gasteiger partial charge in [-0.1, -0.05) is 41.1 Å². The minimum atomic E-state index is -0.321. The zero-order chi connectivity index (χ0) is 21.3. The van der Waals surface area contributed by atoms with Crippen molar-refractivity contribution in [1.29, 1.82) is 0 Å². The molecular weight excluding hydrogens is 418 g/mol. The summed E-state index contributed by atoms with van der Waals surface area (Å²) in [4.78, 5) is 18.4. The van der Waals surface area contributed by atoms with Crippen LogP contribution in [0.4, 0.5) is 5.13 Å². The number of carbonyl (C=O) groups is 1. The number of hydrogen-bond donors (Lipinski definition) is 1. The number of hydrogen-bond acceptors (Lipinski definition) is 5. The van der Waals surface area contributed by atoms with Crippen molar-refractivity contribution in [3.8, 4) is 5.69 Å². The summed E-state index contributed by atoms with van der Waals surface area (Å²) in [6.45, 7) is 5.78. The molecule has 0 fully saturated rings. The first kappa shape index (κ1) is 20.3. The van der Waals surface area contributed by atoms with Crippen molar-refractivity contribution in [3.63, 3.8) is 0 Å². The smallest absolute Gasteiger partial charge is 0.279 e. The van der Waals surface area contributed by atoms with E-state index in [0.717, 1.165) is 33.8 Å². The highest BCUT2D eigenvalue weighted by Crippen LogP contribution is 2.26. The Kier molecular flexibility index (Phi) is 5.65. The third-order valence-corrected chi connectivity index (χ3v) is 6.07. The van der Waals surface area contributed by atoms with Crippen LogP contribution >= 0.6 is 22.9 Å². The van der Waals surface area contributed by atoms with Crippen molar-refractivity contribution in [1.82, 2.24) is 20.0 Å². The van der Waals surface area contributed by atoms with Gasteiger partial charge in [0.15, 0.2) is 10.8 Å². The van der Waals surface area contributed by atoms with Gasteiger partial charge < -0.3 is 0 Å². The van der Waals surface area contributed by atoms with E-state index in [2.05, 4.69) is 20.6 Å². The molecule has 0 saturated heterocycles. The van der Waals surface area contributed by atoms with Gasteiger partial charge in [-0.3, -0.25) is 10.1 Å². The molecule has 2 aromatic carbocycles. The van der Waals surface area contributed by atoms with Crippen LogP contribution in [0.15, 0.2) is 48.5 Å². The summed E-state index contributed by atoms with van der Waals surface area (Å²) in [5.41, 5.74) is 4.97. The fourth-order valence-electron chi connectivity index (χ4n) is 3.13. The number of aromatic nitrogens is 4. The van der Waals surface area contributed by atoms with Crippen LogP contribution in [0, 0.1) is 20.8 Å². The first-order chi connectivity index (χ1) is 14.4. The van der Waals surface area contributed by atoms with Gasteiger partial charge in [-0.2, -0.15) is 0 Å². The summed E-state index contributed by atoms with van der Waals surface area (Å²) in [7, 11) is 0. The van der Waals surface area contributed by atoms with Crippen LogP contribution in [0.25, 0.3) is 5.69 Å². The lowest BCUT2D eigenvalue weighted by Gasteiger charge is -2.04. The summed E-state index contributed by atoms with van der Waals surface area (Å²) >= 11 is 7.42. The standard InChI is InChI=1S/C22H20ClN5OS/c1-13-5-4-6-18(11-13)28-15(3)20(26-27-28)21(29)25-22-24-14(2)19(30-22)12-16-7-9-17(23)10-8-16/h4-11H,12H2,1-3H3,(H,24,25,29). The Bertz CT molecular complexity index is 1210. The van der Waals surface area contributed by atoms with E-state index in [0.29, 0.717) is 15.8 Å². The first-order valence-corrected chi connectivity index (χ1v) is 10.6. The molecule has 1 N–H and O–H groups in total. The molecule has 0 spiro atoms. The molecule has 0 atom stereocenters. The van der Waals surface area contributed by atoms with Crippen molar-refractivity contribution in [3.05, 3.63) is 86.6 Å². The van der Waals surface area contributed by atoms with E-state index in [-0.39, 0.29) is 11.6 Å². The predicted molar refractivity (Wildman–Crippen MR) is 120 cm³/mol. The molecular formula is C22H20ClN5OS. The summed E-state index contributed by atoms with van der Waals surface area (Å²) in [5, 5.41) is 12.4. The van der Waals surface area contributed by atoms with Gasteiger partial charge in [0.2, 0.25) is 0 Å². The topological polar surface area (TPSA) is 72.7 Å². The molecule has 0 radical (unpaired) electrons. The SMILES string of the molecule is Cc1cccc(-n2nnc(C(=O)Nc3nc(C)c(Cc4ccc(Cl)cc4)s3)c2C)c1. The molecule has 152 valence electrons. The molecule has 6 nitrogen and oxygen atoms in total. The van der Waals surface area contributed by atoms with Gasteiger partial charge in [-0.25, -0.2) is 9.67 Å². The minimum absolute atomic E-state index is 0.281. The molecule has 8 heteroatoms. The van der Waals surface area contributed by atoms with E-state index in [1.165, 1.54) is 11.3 Å². The lowest BCUT2D eigenvalue weighted by molar-refractivity contribution is 0.102. The van der Waals surface area contributed by atoms with E-state index in [9.17, 15) is 4.79 Å². The Hall–Kier alpha value is -3.03. The molecule has 2 aromatic heterocycles. The quantitative estimate of drug-likeness (QED) is 0.468. The van der Waals surface area contributed by atoms with Crippen LogP contribution in [0.1, 0.15) is 37.9 Å². The Labute approximate surface area is 183 Å². The molecule has 30 heavy (non-hydrogen) atoms. The zero-order valence-electron chi connectivity index (χ0n) is 16.8. The lowest BCUT2D eigenvalue weighted by atomic mass is 10.1. The molecule has 0 aliphatic rings. The normalized spacial score (nSPS) is 10.9. The van der Waals surface area contributed by atoms with E-state index in [4.69, 9.17) is 11.6 Å². The van der Waals surface area contributed by atoms with Crippen molar-refractivity contribution in [2.24, 2.45) is 0 Å². The second-order valence-electron chi connectivity index (χ2n) is 7.06. The number of thiazole rings is 1. The van der Waals surface area contributed by atoms with Crippen LogP contribution < -0.4 is 5.32 Å². The van der Waals surface area contributed by atoms with Gasteiger partial charge in [-0.05, 0) is 56.2 Å². The molecule has 0 aliphatic carbocycles. The summed E-state index contributed by atoms with van der Waals surface area (Å²) in [5.74, 6) is -0.321. The van der Waals surface area contributed by atoms with Crippen molar-refractivity contribution in [2.45, 2.75) is 27.2 Å². The maximum Gasteiger partial charge on any atom is 0.279 e. The zero-order valence-corrected chi connectivity index (χ0v) is 18.4. The monoisotopic (exact) mass is 437 g/mol. The number of amides is 1. The number of aryl methyl sites for hydroxylation is 2. The van der Waals surface area contributed by atoms with Crippen LogP contribution in [-0.2, 0) is 6.42 Å². The van der Waals surface area contributed by atoms with Crippen molar-refractivity contribution < 1.29 is 4.79 Å². The fourth-order valence-corrected chi connectivity index (χ4v) is 4.25. The molecule has 0 saturated carbocycles. The molecule has 0 aliphatic heterocycles. The van der Waals surface area contributed by atoms with Gasteiger partial charge in [0.05, 0.1) is 17.1 Å². The molecule has 0 bridgehead atoms. The minimum Gasteiger partial charge on any atom is -0.296 e. The largest absolute Gasteiger partial charge is 0.296 e. The van der Waals surface area contributed by atoms with E-state index >= 15 is 0 Å². The van der Waals surface area contributed by atoms with E-state index in [1.54, 1.807) is 4.68 Å². The van der Waals surface area contributed by atoms with Crippen LogP contribution in [0.3, 0.4) is 0 Å². The average Bonchev–Trinajstić information content (AvgIpc) is 3.26. The van der Waals surface area contributed by atoms with Crippen molar-refractivity contribution >= 4 is 34.0 Å². The van der Waals surface area contributed by atoms with Gasteiger partial charge in [-0.15, -0.1) is 16.4 Å². The van der Waals surface area contributed by atoms with Crippen LogP contribution in [0.2, 0.25) is 5.02 Å². The lowest BCUT2D eigenvalue weighted by Crippen LogP contribution is -2.14. The number of benzene rings is 2. The predicted octanol–water partition coefficient (Wildman–Crippen LogP) is 5.15. The van der Waals surface area contributed by atoms with Gasteiger partial charge in [0.1, 0.15) is 0 Å². The molecule has 2 heterocycles. The maximum absolute atomic E-state index is 12.8. The molecule has 0 unspecified atom stereocenters. The molecule has 4 rings (SSSR count). The first-order valence-electron chi connectivity index (χ1n) is 9.42. The summed E-state index contributed by atoms with van der Waals surface area (Å²) in [6, 6.07) is 15.6. The highest BCUT2D eigenvalue weighted by Gasteiger charge is 2.19. The van der Waals surface area contributed by atoms with Gasteiger partial charge in [0.25, 0.3) is 5.91 Å². The second kappa shape index (κ2) is 8.38. The molecule has 1 amide bonds. The average molecular weight is 438 g/mol. The van der Waals surface area contributed by atoms with Crippen molar-refractivity contribution in [2.75, 3.05) is 5.32 Å². The molecule has 4 aromatic rings. The summed E-state index contributed by atoms with van der Waals surface area (Å²) in [6.07, 6.45) is 0.735. The summed E-state index contributed by atoms with van der Waals surface area (Å²) < 4.78 is 1.67. The number of nitrogens with zero attached hydrogens (tertiary/aromatic N) is 4. The number of carbonyl (C=O) groups excluding carboxylic acids is 1. The van der Waals surface area contributed by atoms with Crippen LogP contribution in [0.5, 0.6) is 0 Å². The Morgan fingerprint density at radius 3 is 2.63 bits per heavy atom. The number of rotatable bonds is 5. The Morgan fingerprint density at radius 2 is 1.90 bits per heavy atom. The number of nitrogens with one attached hydrogen (secondary N) is 1.